The number of nitrogens with two attached hydrogens (primary N) is 1. The zero-order valence-corrected chi connectivity index (χ0v) is 14.7. The van der Waals surface area contributed by atoms with Crippen LogP contribution in [0, 0.1) is 0 Å². The molecule has 25 heavy (non-hydrogen) atoms. The number of amides is 1. The van der Waals surface area contributed by atoms with Crippen LogP contribution in [-0.4, -0.2) is 25.1 Å². The Bertz CT molecular complexity index is 748. The van der Waals surface area contributed by atoms with Crippen LogP contribution < -0.4 is 15.8 Å². The number of carbonyl (C=O) groups is 3. The topological polar surface area (TPSA) is 98.5 Å². The van der Waals surface area contributed by atoms with Crippen molar-refractivity contribution >= 4 is 41.0 Å². The molecule has 0 heterocycles. The fraction of sp³-hybridized carbons (Fsp3) is 0.167. The van der Waals surface area contributed by atoms with E-state index in [4.69, 9.17) is 22.1 Å². The molecule has 0 aliphatic heterocycles. The molecule has 7 heteroatoms. The standard InChI is InChI=1S/C11H13ClN2O3.C7H6O/c1-6(15)3-11(16)14-9-4-7(12)8(13)5-10(9)17-2;8-6-7-4-2-1-3-5-7/h4-5H,3,13H2,1-2H3,(H,14,16);1-6H. The first-order chi connectivity index (χ1) is 11.9. The SMILES string of the molecule is COc1cc(N)c(Cl)cc1NC(=O)CC(C)=O.O=Cc1ccccc1. The summed E-state index contributed by atoms with van der Waals surface area (Å²) < 4.78 is 5.05. The first-order valence-electron chi connectivity index (χ1n) is 7.30. The molecular formula is C18H19ClN2O4. The van der Waals surface area contributed by atoms with Crippen LogP contribution in [0.2, 0.25) is 5.02 Å². The van der Waals surface area contributed by atoms with Crippen LogP contribution in [0.1, 0.15) is 23.7 Å². The fourth-order valence-corrected chi connectivity index (χ4v) is 1.95. The van der Waals surface area contributed by atoms with Crippen LogP contribution in [0.15, 0.2) is 42.5 Å². The lowest BCUT2D eigenvalue weighted by Crippen LogP contribution is -2.15. The first kappa shape index (κ1) is 20.2. The minimum absolute atomic E-state index is 0.189. The lowest BCUT2D eigenvalue weighted by atomic mass is 10.2. The van der Waals surface area contributed by atoms with E-state index >= 15 is 0 Å². The summed E-state index contributed by atoms with van der Waals surface area (Å²) in [6.45, 7) is 1.34. The minimum Gasteiger partial charge on any atom is -0.494 e. The van der Waals surface area contributed by atoms with E-state index in [0.29, 0.717) is 22.1 Å². The van der Waals surface area contributed by atoms with Crippen LogP contribution in [-0.2, 0) is 9.59 Å². The molecule has 1 amide bonds. The molecular weight excluding hydrogens is 344 g/mol. The number of nitrogen functional groups attached to an aromatic ring is 1. The highest BCUT2D eigenvalue weighted by Gasteiger charge is 2.11. The molecule has 0 bridgehead atoms. The number of halogens is 1. The molecule has 0 saturated heterocycles. The average molecular weight is 363 g/mol. The molecule has 132 valence electrons. The number of ketones is 1. The summed E-state index contributed by atoms with van der Waals surface area (Å²) in [4.78, 5) is 32.2. The van der Waals surface area contributed by atoms with Crippen molar-refractivity contribution in [1.82, 2.24) is 0 Å². The van der Waals surface area contributed by atoms with Gasteiger partial charge in [-0.25, -0.2) is 0 Å². The zero-order valence-electron chi connectivity index (χ0n) is 13.9. The second-order valence-corrected chi connectivity index (χ2v) is 5.44. The van der Waals surface area contributed by atoms with Crippen LogP contribution in [0.4, 0.5) is 11.4 Å². The van der Waals surface area contributed by atoms with Crippen LogP contribution in [0.3, 0.4) is 0 Å². The monoisotopic (exact) mass is 362 g/mol. The molecule has 0 saturated carbocycles. The van der Waals surface area contributed by atoms with E-state index in [-0.39, 0.29) is 12.2 Å². The van der Waals surface area contributed by atoms with Crippen molar-refractivity contribution in [2.24, 2.45) is 0 Å². The molecule has 3 N–H and O–H groups in total. The molecule has 6 nitrogen and oxygen atoms in total. The third kappa shape index (κ3) is 7.05. The quantitative estimate of drug-likeness (QED) is 0.483. The zero-order chi connectivity index (χ0) is 18.8. The van der Waals surface area contributed by atoms with Crippen molar-refractivity contribution in [2.75, 3.05) is 18.2 Å². The normalized spacial score (nSPS) is 9.40. The summed E-state index contributed by atoms with van der Waals surface area (Å²) in [5, 5.41) is 2.85. The number of nitrogens with one attached hydrogen (secondary N) is 1. The summed E-state index contributed by atoms with van der Waals surface area (Å²) in [6, 6.07) is 12.1. The van der Waals surface area contributed by atoms with Gasteiger partial charge >= 0.3 is 0 Å². The van der Waals surface area contributed by atoms with E-state index in [9.17, 15) is 14.4 Å². The molecule has 0 aliphatic carbocycles. The lowest BCUT2D eigenvalue weighted by Gasteiger charge is -2.11. The third-order valence-corrected chi connectivity index (χ3v) is 3.27. The number of ether oxygens (including phenoxy) is 1. The molecule has 0 fully saturated rings. The van der Waals surface area contributed by atoms with Gasteiger partial charge in [-0.05, 0) is 13.0 Å². The Kier molecular flexibility index (Phi) is 8.15. The van der Waals surface area contributed by atoms with Crippen molar-refractivity contribution in [1.29, 1.82) is 0 Å². The Morgan fingerprint density at radius 2 is 1.88 bits per heavy atom. The molecule has 0 aliphatic rings. The summed E-state index contributed by atoms with van der Waals surface area (Å²) in [6.07, 6.45) is 0.644. The van der Waals surface area contributed by atoms with Crippen LogP contribution >= 0.6 is 11.6 Å². The molecule has 2 aromatic rings. The first-order valence-corrected chi connectivity index (χ1v) is 7.67. The number of hydrogen-bond donors (Lipinski definition) is 2. The molecule has 0 aromatic heterocycles. The van der Waals surface area contributed by atoms with Gasteiger partial charge in [0.05, 0.1) is 29.9 Å². The predicted octanol–water partition coefficient (Wildman–Crippen LogP) is 3.35. The van der Waals surface area contributed by atoms with Crippen molar-refractivity contribution in [3.05, 3.63) is 53.1 Å². The van der Waals surface area contributed by atoms with E-state index in [1.807, 2.05) is 18.2 Å². The Hall–Kier alpha value is -2.86. The Labute approximate surface area is 150 Å². The number of anilines is 2. The number of benzene rings is 2. The van der Waals surface area contributed by atoms with Gasteiger partial charge < -0.3 is 15.8 Å². The highest BCUT2D eigenvalue weighted by Crippen LogP contribution is 2.32. The highest BCUT2D eigenvalue weighted by atomic mass is 35.5. The molecule has 2 aromatic carbocycles. The molecule has 0 atom stereocenters. The van der Waals surface area contributed by atoms with Gasteiger partial charge in [0.2, 0.25) is 5.91 Å². The molecule has 0 spiro atoms. The lowest BCUT2D eigenvalue weighted by molar-refractivity contribution is -0.124. The Morgan fingerprint density at radius 3 is 2.36 bits per heavy atom. The number of hydrogen-bond acceptors (Lipinski definition) is 5. The number of Topliss-reactive ketones (excluding diaryl/α,β-unsaturated/α-hetero) is 1. The predicted molar refractivity (Wildman–Crippen MR) is 98.2 cm³/mol. The summed E-state index contributed by atoms with van der Waals surface area (Å²) in [7, 11) is 1.45. The highest BCUT2D eigenvalue weighted by molar-refractivity contribution is 6.33. The minimum atomic E-state index is -0.420. The van der Waals surface area contributed by atoms with E-state index < -0.39 is 5.91 Å². The van der Waals surface area contributed by atoms with E-state index in [2.05, 4.69) is 5.32 Å². The molecule has 2 rings (SSSR count). The molecule has 0 unspecified atom stereocenters. The summed E-state index contributed by atoms with van der Waals surface area (Å²) in [5.74, 6) is -0.247. The summed E-state index contributed by atoms with van der Waals surface area (Å²) in [5.41, 5.74) is 7.07. The van der Waals surface area contributed by atoms with Gasteiger partial charge in [0.25, 0.3) is 0 Å². The Morgan fingerprint density at radius 1 is 1.24 bits per heavy atom. The largest absolute Gasteiger partial charge is 0.494 e. The second kappa shape index (κ2) is 10.1. The van der Waals surface area contributed by atoms with Crippen LogP contribution in [0.5, 0.6) is 5.75 Å². The van der Waals surface area contributed by atoms with E-state index in [1.165, 1.54) is 26.2 Å². The van der Waals surface area contributed by atoms with Crippen LogP contribution in [0.25, 0.3) is 0 Å². The fourth-order valence-electron chi connectivity index (χ4n) is 1.79. The van der Waals surface area contributed by atoms with Gasteiger partial charge in [0.1, 0.15) is 17.8 Å². The van der Waals surface area contributed by atoms with Gasteiger partial charge in [-0.15, -0.1) is 0 Å². The van der Waals surface area contributed by atoms with E-state index in [1.54, 1.807) is 12.1 Å². The number of methoxy groups -OCH3 is 1. The van der Waals surface area contributed by atoms with Gasteiger partial charge in [-0.3, -0.25) is 14.4 Å². The maximum absolute atomic E-state index is 11.4. The van der Waals surface area contributed by atoms with Gasteiger partial charge in [-0.1, -0.05) is 41.9 Å². The Balaban J connectivity index is 0.000000324. The smallest absolute Gasteiger partial charge is 0.231 e. The van der Waals surface area contributed by atoms with Crippen molar-refractivity contribution in [3.63, 3.8) is 0 Å². The maximum atomic E-state index is 11.4. The average Bonchev–Trinajstić information content (AvgIpc) is 2.58. The second-order valence-electron chi connectivity index (χ2n) is 5.03. The third-order valence-electron chi connectivity index (χ3n) is 2.94. The number of aldehydes is 1. The van der Waals surface area contributed by atoms with Gasteiger partial charge in [-0.2, -0.15) is 0 Å². The maximum Gasteiger partial charge on any atom is 0.231 e. The number of rotatable bonds is 5. The van der Waals surface area contributed by atoms with Gasteiger partial charge in [0.15, 0.2) is 0 Å². The number of carbonyl (C=O) groups excluding carboxylic acids is 3. The van der Waals surface area contributed by atoms with Crippen molar-refractivity contribution < 1.29 is 19.1 Å². The van der Waals surface area contributed by atoms with Gasteiger partial charge in [0, 0.05) is 11.6 Å². The summed E-state index contributed by atoms with van der Waals surface area (Å²) >= 11 is 5.83. The van der Waals surface area contributed by atoms with E-state index in [0.717, 1.165) is 11.8 Å². The van der Waals surface area contributed by atoms with Crippen molar-refractivity contribution in [3.8, 4) is 5.75 Å². The van der Waals surface area contributed by atoms with Crippen molar-refractivity contribution in [2.45, 2.75) is 13.3 Å². The molecule has 0 radical (unpaired) electrons.